The third-order valence-electron chi connectivity index (χ3n) is 4.08. The molecular formula is C15H16N2O3. The summed E-state index contributed by atoms with van der Waals surface area (Å²) in [7, 11) is 0. The van der Waals surface area contributed by atoms with Crippen molar-refractivity contribution in [3.63, 3.8) is 0 Å². The van der Waals surface area contributed by atoms with Crippen LogP contribution in [0.2, 0.25) is 0 Å². The molecule has 1 amide bonds. The Morgan fingerprint density at radius 2 is 2.15 bits per heavy atom. The minimum absolute atomic E-state index is 0.0990. The number of aromatic nitrogens is 1. The summed E-state index contributed by atoms with van der Waals surface area (Å²) < 4.78 is 0. The summed E-state index contributed by atoms with van der Waals surface area (Å²) in [5, 5.41) is 10.2. The molecule has 3 rings (SSSR count). The standard InChI is InChI=1S/C15H16N2O3/c1-15(14(19)20)5-7-17(9-15)13(18)11-2-3-12-10(8-11)4-6-16-12/h2-4,6,8,16H,5,7,9H2,1H3,(H,19,20)/t15-/m0/s1. The zero-order valence-corrected chi connectivity index (χ0v) is 11.2. The molecule has 0 radical (unpaired) electrons. The number of carbonyl (C=O) groups excluding carboxylic acids is 1. The normalized spacial score (nSPS) is 22.4. The number of benzene rings is 1. The van der Waals surface area contributed by atoms with Crippen LogP contribution in [0.1, 0.15) is 23.7 Å². The van der Waals surface area contributed by atoms with Crippen molar-refractivity contribution in [2.45, 2.75) is 13.3 Å². The van der Waals surface area contributed by atoms with Crippen LogP contribution in [0.15, 0.2) is 30.5 Å². The molecule has 20 heavy (non-hydrogen) atoms. The van der Waals surface area contributed by atoms with E-state index in [9.17, 15) is 14.7 Å². The number of carboxylic acid groups (broad SMARTS) is 1. The minimum Gasteiger partial charge on any atom is -0.481 e. The van der Waals surface area contributed by atoms with Gasteiger partial charge in [0.15, 0.2) is 0 Å². The van der Waals surface area contributed by atoms with Crippen LogP contribution in [0, 0.1) is 5.41 Å². The number of amides is 1. The average Bonchev–Trinajstić information content (AvgIpc) is 3.04. The number of nitrogens with zero attached hydrogens (tertiary/aromatic N) is 1. The highest BCUT2D eigenvalue weighted by Gasteiger charge is 2.42. The Balaban J connectivity index is 1.84. The van der Waals surface area contributed by atoms with Gasteiger partial charge in [-0.05, 0) is 37.6 Å². The smallest absolute Gasteiger partial charge is 0.311 e. The van der Waals surface area contributed by atoms with Crippen LogP contribution < -0.4 is 0 Å². The van der Waals surface area contributed by atoms with Crippen molar-refractivity contribution >= 4 is 22.8 Å². The van der Waals surface area contributed by atoms with E-state index in [4.69, 9.17) is 0 Å². The van der Waals surface area contributed by atoms with Gasteiger partial charge in [-0.3, -0.25) is 9.59 Å². The maximum absolute atomic E-state index is 12.4. The number of aromatic amines is 1. The minimum atomic E-state index is -0.839. The van der Waals surface area contributed by atoms with Gasteiger partial charge in [-0.2, -0.15) is 0 Å². The number of carbonyl (C=O) groups is 2. The molecule has 0 unspecified atom stereocenters. The second-order valence-corrected chi connectivity index (χ2v) is 5.62. The molecule has 1 atom stereocenters. The Kier molecular flexibility index (Phi) is 2.78. The molecule has 0 spiro atoms. The summed E-state index contributed by atoms with van der Waals surface area (Å²) in [6, 6.07) is 7.40. The molecule has 5 heteroatoms. The van der Waals surface area contributed by atoms with Crippen molar-refractivity contribution in [2.75, 3.05) is 13.1 Å². The SMILES string of the molecule is C[C@]1(C(=O)O)CCN(C(=O)c2ccc3[nH]ccc3c2)C1. The van der Waals surface area contributed by atoms with Crippen LogP contribution in [0.5, 0.6) is 0 Å². The molecule has 1 aliphatic rings. The van der Waals surface area contributed by atoms with Gasteiger partial charge in [0.25, 0.3) is 5.91 Å². The van der Waals surface area contributed by atoms with Crippen LogP contribution in [0.4, 0.5) is 0 Å². The second kappa shape index (κ2) is 4.37. The molecule has 5 nitrogen and oxygen atoms in total. The highest BCUT2D eigenvalue weighted by Crippen LogP contribution is 2.31. The number of fused-ring (bicyclic) bond motifs is 1. The van der Waals surface area contributed by atoms with Gasteiger partial charge in [-0.1, -0.05) is 0 Å². The first kappa shape index (κ1) is 12.7. The van der Waals surface area contributed by atoms with Crippen molar-refractivity contribution in [3.05, 3.63) is 36.0 Å². The summed E-state index contributed by atoms with van der Waals surface area (Å²) >= 11 is 0. The van der Waals surface area contributed by atoms with Crippen molar-refractivity contribution in [3.8, 4) is 0 Å². The van der Waals surface area contributed by atoms with Crippen LogP contribution in [0.25, 0.3) is 10.9 Å². The number of rotatable bonds is 2. The Labute approximate surface area is 116 Å². The second-order valence-electron chi connectivity index (χ2n) is 5.62. The number of nitrogens with one attached hydrogen (secondary N) is 1. The van der Waals surface area contributed by atoms with Crippen LogP contribution in [-0.4, -0.2) is 40.0 Å². The first-order valence-corrected chi connectivity index (χ1v) is 6.59. The van der Waals surface area contributed by atoms with E-state index in [2.05, 4.69) is 4.98 Å². The van der Waals surface area contributed by atoms with E-state index in [1.165, 1.54) is 0 Å². The van der Waals surface area contributed by atoms with E-state index in [0.717, 1.165) is 10.9 Å². The van der Waals surface area contributed by atoms with E-state index >= 15 is 0 Å². The number of H-pyrrole nitrogens is 1. The fraction of sp³-hybridized carbons (Fsp3) is 0.333. The Bertz CT molecular complexity index is 691. The molecule has 2 N–H and O–H groups in total. The van der Waals surface area contributed by atoms with Crippen LogP contribution in [-0.2, 0) is 4.79 Å². The summed E-state index contributed by atoms with van der Waals surface area (Å²) in [5.74, 6) is -0.938. The zero-order chi connectivity index (χ0) is 14.3. The van der Waals surface area contributed by atoms with E-state index < -0.39 is 11.4 Å². The molecule has 2 heterocycles. The number of aliphatic carboxylic acids is 1. The van der Waals surface area contributed by atoms with E-state index in [-0.39, 0.29) is 12.5 Å². The molecule has 0 bridgehead atoms. The molecule has 0 saturated carbocycles. The molecule has 2 aromatic rings. The highest BCUT2D eigenvalue weighted by atomic mass is 16.4. The lowest BCUT2D eigenvalue weighted by Gasteiger charge is -2.20. The van der Waals surface area contributed by atoms with Crippen LogP contribution in [0.3, 0.4) is 0 Å². The van der Waals surface area contributed by atoms with Crippen molar-refractivity contribution in [1.29, 1.82) is 0 Å². The predicted molar refractivity (Wildman–Crippen MR) is 74.6 cm³/mol. The number of carboxylic acids is 1. The summed E-state index contributed by atoms with van der Waals surface area (Å²) in [6.45, 7) is 2.46. The quantitative estimate of drug-likeness (QED) is 0.879. The molecular weight excluding hydrogens is 256 g/mol. The van der Waals surface area contributed by atoms with Gasteiger partial charge >= 0.3 is 5.97 Å². The maximum Gasteiger partial charge on any atom is 0.311 e. The Hall–Kier alpha value is -2.30. The molecule has 1 fully saturated rings. The number of hydrogen-bond donors (Lipinski definition) is 2. The number of likely N-dealkylation sites (tertiary alicyclic amines) is 1. The maximum atomic E-state index is 12.4. The third kappa shape index (κ3) is 1.95. The summed E-state index contributed by atoms with van der Waals surface area (Å²) in [5.41, 5.74) is 0.762. The fourth-order valence-corrected chi connectivity index (χ4v) is 2.68. The Morgan fingerprint density at radius 3 is 2.85 bits per heavy atom. The van der Waals surface area contributed by atoms with Gasteiger partial charge in [0.2, 0.25) is 0 Å². The Morgan fingerprint density at radius 1 is 1.35 bits per heavy atom. The van der Waals surface area contributed by atoms with Crippen LogP contribution >= 0.6 is 0 Å². The highest BCUT2D eigenvalue weighted by molar-refractivity contribution is 5.98. The lowest BCUT2D eigenvalue weighted by atomic mass is 9.90. The number of hydrogen-bond acceptors (Lipinski definition) is 2. The average molecular weight is 272 g/mol. The third-order valence-corrected chi connectivity index (χ3v) is 4.08. The molecule has 104 valence electrons. The largest absolute Gasteiger partial charge is 0.481 e. The van der Waals surface area contributed by atoms with E-state index in [0.29, 0.717) is 18.5 Å². The fourth-order valence-electron chi connectivity index (χ4n) is 2.68. The molecule has 1 aliphatic heterocycles. The molecule has 1 aromatic carbocycles. The van der Waals surface area contributed by atoms with Gasteiger partial charge in [0, 0.05) is 35.8 Å². The van der Waals surface area contributed by atoms with E-state index in [1.54, 1.807) is 17.9 Å². The molecule has 0 aliphatic carbocycles. The predicted octanol–water partition coefficient (Wildman–Crippen LogP) is 2.10. The van der Waals surface area contributed by atoms with Gasteiger partial charge in [-0.15, -0.1) is 0 Å². The van der Waals surface area contributed by atoms with Crippen molar-refractivity contribution < 1.29 is 14.7 Å². The first-order chi connectivity index (χ1) is 9.49. The molecule has 1 saturated heterocycles. The summed E-state index contributed by atoms with van der Waals surface area (Å²) in [4.78, 5) is 28.4. The lowest BCUT2D eigenvalue weighted by Crippen LogP contribution is -2.34. The van der Waals surface area contributed by atoms with Gasteiger partial charge in [-0.25, -0.2) is 0 Å². The topological polar surface area (TPSA) is 73.4 Å². The molecule has 1 aromatic heterocycles. The van der Waals surface area contributed by atoms with Gasteiger partial charge in [0.1, 0.15) is 0 Å². The zero-order valence-electron chi connectivity index (χ0n) is 11.2. The van der Waals surface area contributed by atoms with Gasteiger partial charge in [0.05, 0.1) is 5.41 Å². The van der Waals surface area contributed by atoms with Crippen molar-refractivity contribution in [2.24, 2.45) is 5.41 Å². The van der Waals surface area contributed by atoms with E-state index in [1.807, 2.05) is 24.4 Å². The van der Waals surface area contributed by atoms with Crippen molar-refractivity contribution in [1.82, 2.24) is 9.88 Å². The monoisotopic (exact) mass is 272 g/mol. The lowest BCUT2D eigenvalue weighted by molar-refractivity contribution is -0.147. The first-order valence-electron chi connectivity index (χ1n) is 6.59. The summed E-state index contributed by atoms with van der Waals surface area (Å²) in [6.07, 6.45) is 2.33. The van der Waals surface area contributed by atoms with Gasteiger partial charge < -0.3 is 15.0 Å².